The number of furan rings is 1. The van der Waals surface area contributed by atoms with Crippen LogP contribution in [0.3, 0.4) is 0 Å². The second-order valence-corrected chi connectivity index (χ2v) is 4.39. The lowest BCUT2D eigenvalue weighted by molar-refractivity contribution is 0.518. The van der Waals surface area contributed by atoms with Crippen LogP contribution in [-0.2, 0) is 6.54 Å². The molecule has 6 nitrogen and oxygen atoms in total. The molecule has 0 bridgehead atoms. The molecule has 0 radical (unpaired) electrons. The number of aromatic nitrogens is 4. The predicted molar refractivity (Wildman–Crippen MR) is 69.5 cm³/mol. The minimum absolute atomic E-state index is 0.570. The van der Waals surface area contributed by atoms with Crippen molar-refractivity contribution in [3.05, 3.63) is 30.5 Å². The van der Waals surface area contributed by atoms with Crippen LogP contribution < -0.4 is 5.32 Å². The van der Waals surface area contributed by atoms with E-state index in [1.807, 2.05) is 18.4 Å². The lowest BCUT2D eigenvalue weighted by Gasteiger charge is -2.02. The van der Waals surface area contributed by atoms with Crippen molar-refractivity contribution in [1.29, 1.82) is 0 Å². The highest BCUT2D eigenvalue weighted by atomic mass is 32.2. The van der Waals surface area contributed by atoms with E-state index in [4.69, 9.17) is 4.42 Å². The fraction of sp³-hybridized carbons (Fsp3) is 0.182. The number of rotatable bonds is 4. The highest BCUT2D eigenvalue weighted by molar-refractivity contribution is 7.98. The Kier molecular flexibility index (Phi) is 2.89. The standard InChI is InChI=1S/C11H11N5OS/c1-18-11-15-8-9(13-6-14-10(8)16-11)12-5-7-3-2-4-17-7/h2-4,6H,5H2,1H3,(H2,12,13,14,15,16). The summed E-state index contributed by atoms with van der Waals surface area (Å²) in [6.07, 6.45) is 5.11. The number of hydrogen-bond donors (Lipinski definition) is 2. The lowest BCUT2D eigenvalue weighted by atomic mass is 10.4. The maximum atomic E-state index is 5.26. The molecule has 2 N–H and O–H groups in total. The molecule has 3 aromatic rings. The molecule has 0 saturated carbocycles. The summed E-state index contributed by atoms with van der Waals surface area (Å²) in [4.78, 5) is 15.9. The van der Waals surface area contributed by atoms with E-state index in [1.165, 1.54) is 18.1 Å². The van der Waals surface area contributed by atoms with Gasteiger partial charge in [0.05, 0.1) is 12.8 Å². The van der Waals surface area contributed by atoms with Gasteiger partial charge in [-0.1, -0.05) is 11.8 Å². The van der Waals surface area contributed by atoms with Crippen LogP contribution in [0.15, 0.2) is 34.3 Å². The lowest BCUT2D eigenvalue weighted by Crippen LogP contribution is -2.01. The summed E-state index contributed by atoms with van der Waals surface area (Å²) < 4.78 is 5.26. The van der Waals surface area contributed by atoms with Gasteiger partial charge in [-0.25, -0.2) is 15.0 Å². The highest BCUT2D eigenvalue weighted by Gasteiger charge is 2.09. The molecule has 0 saturated heterocycles. The van der Waals surface area contributed by atoms with Crippen LogP contribution in [0.4, 0.5) is 5.82 Å². The molecule has 0 atom stereocenters. The fourth-order valence-corrected chi connectivity index (χ4v) is 2.00. The van der Waals surface area contributed by atoms with Crippen LogP contribution in [0, 0.1) is 0 Å². The Hall–Kier alpha value is -2.02. The van der Waals surface area contributed by atoms with E-state index < -0.39 is 0 Å². The summed E-state index contributed by atoms with van der Waals surface area (Å²) >= 11 is 1.54. The number of aromatic amines is 1. The normalized spacial score (nSPS) is 10.9. The van der Waals surface area contributed by atoms with Crippen LogP contribution in [-0.4, -0.2) is 26.2 Å². The average Bonchev–Trinajstić information content (AvgIpc) is 3.04. The Morgan fingerprint density at radius 1 is 1.44 bits per heavy atom. The van der Waals surface area contributed by atoms with E-state index in [-0.39, 0.29) is 0 Å². The third-order valence-electron chi connectivity index (χ3n) is 2.46. The molecule has 0 spiro atoms. The summed E-state index contributed by atoms with van der Waals surface area (Å²) in [6.45, 7) is 0.570. The van der Waals surface area contributed by atoms with Gasteiger partial charge in [0.15, 0.2) is 22.1 Å². The quantitative estimate of drug-likeness (QED) is 0.701. The number of nitrogens with one attached hydrogen (secondary N) is 2. The molecule has 0 amide bonds. The summed E-state index contributed by atoms with van der Waals surface area (Å²) in [5, 5.41) is 4.02. The molecule has 0 aliphatic carbocycles. The second-order valence-electron chi connectivity index (χ2n) is 3.60. The second kappa shape index (κ2) is 4.69. The molecular weight excluding hydrogens is 250 g/mol. The SMILES string of the molecule is CSc1nc2c(NCc3ccco3)ncnc2[nH]1. The first kappa shape index (κ1) is 11.1. The third-order valence-corrected chi connectivity index (χ3v) is 3.04. The molecule has 3 heterocycles. The third kappa shape index (κ3) is 2.04. The molecule has 3 aromatic heterocycles. The zero-order chi connectivity index (χ0) is 12.4. The van der Waals surface area contributed by atoms with Crippen LogP contribution in [0.25, 0.3) is 11.2 Å². The number of hydrogen-bond acceptors (Lipinski definition) is 6. The van der Waals surface area contributed by atoms with Gasteiger partial charge in [0.25, 0.3) is 0 Å². The van der Waals surface area contributed by atoms with Crippen molar-refractivity contribution in [3.63, 3.8) is 0 Å². The maximum absolute atomic E-state index is 5.26. The number of anilines is 1. The maximum Gasteiger partial charge on any atom is 0.167 e. The van der Waals surface area contributed by atoms with Gasteiger partial charge in [-0.3, -0.25) is 0 Å². The van der Waals surface area contributed by atoms with Gasteiger partial charge in [0.1, 0.15) is 12.1 Å². The molecule has 0 fully saturated rings. The van der Waals surface area contributed by atoms with Crippen molar-refractivity contribution in [2.24, 2.45) is 0 Å². The Morgan fingerprint density at radius 3 is 3.17 bits per heavy atom. The van der Waals surface area contributed by atoms with Gasteiger partial charge >= 0.3 is 0 Å². The van der Waals surface area contributed by atoms with E-state index in [2.05, 4.69) is 25.3 Å². The zero-order valence-electron chi connectivity index (χ0n) is 9.67. The summed E-state index contributed by atoms with van der Waals surface area (Å²) in [5.74, 6) is 1.55. The van der Waals surface area contributed by atoms with Crippen molar-refractivity contribution >= 4 is 28.7 Å². The fourth-order valence-electron chi connectivity index (χ4n) is 1.62. The predicted octanol–water partition coefficient (Wildman–Crippen LogP) is 2.28. The highest BCUT2D eigenvalue weighted by Crippen LogP contribution is 2.21. The van der Waals surface area contributed by atoms with Gasteiger partial charge < -0.3 is 14.7 Å². The summed E-state index contributed by atoms with van der Waals surface area (Å²) in [6, 6.07) is 3.76. The minimum Gasteiger partial charge on any atom is -0.467 e. The van der Waals surface area contributed by atoms with Crippen molar-refractivity contribution in [2.45, 2.75) is 11.7 Å². The Labute approximate surface area is 107 Å². The molecule has 0 aliphatic rings. The molecule has 0 unspecified atom stereocenters. The molecule has 18 heavy (non-hydrogen) atoms. The first-order valence-electron chi connectivity index (χ1n) is 5.38. The van der Waals surface area contributed by atoms with Crippen LogP contribution in [0.5, 0.6) is 0 Å². The molecule has 92 valence electrons. The van der Waals surface area contributed by atoms with Crippen molar-refractivity contribution < 1.29 is 4.42 Å². The smallest absolute Gasteiger partial charge is 0.167 e. The molecule has 0 aromatic carbocycles. The monoisotopic (exact) mass is 261 g/mol. The van der Waals surface area contributed by atoms with E-state index in [0.29, 0.717) is 12.4 Å². The number of thioether (sulfide) groups is 1. The van der Waals surface area contributed by atoms with Crippen LogP contribution in [0.1, 0.15) is 5.76 Å². The summed E-state index contributed by atoms with van der Waals surface area (Å²) in [5.41, 5.74) is 1.48. The van der Waals surface area contributed by atoms with Crippen molar-refractivity contribution in [3.8, 4) is 0 Å². The van der Waals surface area contributed by atoms with Crippen LogP contribution in [0.2, 0.25) is 0 Å². The zero-order valence-corrected chi connectivity index (χ0v) is 10.5. The molecule has 7 heteroatoms. The van der Waals surface area contributed by atoms with Gasteiger partial charge in [-0.2, -0.15) is 0 Å². The van der Waals surface area contributed by atoms with Gasteiger partial charge in [-0.05, 0) is 18.4 Å². The Morgan fingerprint density at radius 2 is 2.39 bits per heavy atom. The Bertz CT molecular complexity index is 649. The van der Waals surface area contributed by atoms with Crippen molar-refractivity contribution in [1.82, 2.24) is 19.9 Å². The van der Waals surface area contributed by atoms with E-state index in [9.17, 15) is 0 Å². The molecular formula is C11H11N5OS. The van der Waals surface area contributed by atoms with E-state index in [0.717, 1.165) is 22.1 Å². The average molecular weight is 261 g/mol. The largest absolute Gasteiger partial charge is 0.467 e. The van der Waals surface area contributed by atoms with Gasteiger partial charge in [-0.15, -0.1) is 0 Å². The molecule has 0 aliphatic heterocycles. The van der Waals surface area contributed by atoms with Gasteiger partial charge in [0, 0.05) is 0 Å². The Balaban J connectivity index is 1.89. The topological polar surface area (TPSA) is 79.6 Å². The number of imidazole rings is 1. The van der Waals surface area contributed by atoms with E-state index >= 15 is 0 Å². The number of nitrogens with zero attached hydrogens (tertiary/aromatic N) is 3. The molecule has 3 rings (SSSR count). The first-order valence-corrected chi connectivity index (χ1v) is 6.60. The number of H-pyrrole nitrogens is 1. The van der Waals surface area contributed by atoms with Gasteiger partial charge in [0.2, 0.25) is 0 Å². The van der Waals surface area contributed by atoms with Crippen LogP contribution >= 0.6 is 11.8 Å². The number of fused-ring (bicyclic) bond motifs is 1. The van der Waals surface area contributed by atoms with Crippen molar-refractivity contribution in [2.75, 3.05) is 11.6 Å². The summed E-state index contributed by atoms with van der Waals surface area (Å²) in [7, 11) is 0. The van der Waals surface area contributed by atoms with E-state index in [1.54, 1.807) is 6.26 Å². The first-order chi connectivity index (χ1) is 8.86. The minimum atomic E-state index is 0.570.